The van der Waals surface area contributed by atoms with Crippen molar-refractivity contribution in [3.05, 3.63) is 83.4 Å². The van der Waals surface area contributed by atoms with E-state index in [0.29, 0.717) is 25.1 Å². The van der Waals surface area contributed by atoms with Gasteiger partial charge < -0.3 is 19.1 Å². The summed E-state index contributed by atoms with van der Waals surface area (Å²) in [5, 5.41) is 1.06. The van der Waals surface area contributed by atoms with Crippen LogP contribution in [0, 0.1) is 6.92 Å². The number of pyridine rings is 1. The Hall–Kier alpha value is -4.06. The summed E-state index contributed by atoms with van der Waals surface area (Å²) in [5.41, 5.74) is 5.74. The Kier molecular flexibility index (Phi) is 7.50. The molecule has 1 heterocycles. The monoisotopic (exact) mass is 510 g/mol. The largest absolute Gasteiger partial charge is 0.497 e. The second kappa shape index (κ2) is 11.1. The first-order valence-electron chi connectivity index (χ1n) is 13.1. The molecule has 6 nitrogen and oxygen atoms in total. The fraction of sp³-hybridized carbons (Fsp3) is 0.312. The minimum absolute atomic E-state index is 0.145. The Bertz CT molecular complexity index is 1460. The summed E-state index contributed by atoms with van der Waals surface area (Å²) in [4.78, 5) is 20.8. The molecule has 4 aromatic rings. The molecule has 38 heavy (non-hydrogen) atoms. The Balaban J connectivity index is 1.52. The predicted molar refractivity (Wildman–Crippen MR) is 150 cm³/mol. The molecular formula is C32H34N2O4. The summed E-state index contributed by atoms with van der Waals surface area (Å²) in [5.74, 6) is 2.41. The number of aromatic nitrogens is 1. The molecule has 1 aliphatic rings. The lowest BCUT2D eigenvalue weighted by atomic mass is 10.00. The van der Waals surface area contributed by atoms with E-state index in [1.807, 2.05) is 53.4 Å². The Labute approximate surface area is 224 Å². The van der Waals surface area contributed by atoms with Gasteiger partial charge in [-0.3, -0.25) is 4.79 Å². The van der Waals surface area contributed by atoms with Crippen molar-refractivity contribution in [3.63, 3.8) is 0 Å². The van der Waals surface area contributed by atoms with E-state index in [4.69, 9.17) is 19.2 Å². The fourth-order valence-electron chi connectivity index (χ4n) is 5.03. The van der Waals surface area contributed by atoms with Crippen molar-refractivity contribution in [3.8, 4) is 28.5 Å². The number of hydrogen-bond donors (Lipinski definition) is 0. The van der Waals surface area contributed by atoms with Gasteiger partial charge in [-0.05, 0) is 73.2 Å². The summed E-state index contributed by atoms with van der Waals surface area (Å²) >= 11 is 0. The smallest absolute Gasteiger partial charge is 0.223 e. The van der Waals surface area contributed by atoms with Crippen molar-refractivity contribution in [2.45, 2.75) is 45.2 Å². The molecule has 0 N–H and O–H groups in total. The molecule has 0 spiro atoms. The molecule has 5 rings (SSSR count). The number of fused-ring (bicyclic) bond motifs is 1. The number of hydrogen-bond acceptors (Lipinski definition) is 5. The first-order chi connectivity index (χ1) is 18.5. The lowest BCUT2D eigenvalue weighted by Gasteiger charge is -2.25. The summed E-state index contributed by atoms with van der Waals surface area (Å²) in [6.07, 6.45) is 3.11. The average molecular weight is 511 g/mol. The standard InChI is InChI=1S/C32H34N2O4/c1-21-8-7-10-23-18-24(32(33-31(21)23)27-19-26(36-2)15-16-29(27)38-4)20-34(25-13-14-25)30(35)17-12-22-9-5-6-11-28(22)37-3/h5-11,15-16,18-19,25H,12-14,17,20H2,1-4H3. The highest BCUT2D eigenvalue weighted by atomic mass is 16.5. The minimum atomic E-state index is 0.145. The number of para-hydroxylation sites is 2. The molecule has 0 radical (unpaired) electrons. The Morgan fingerprint density at radius 1 is 0.895 bits per heavy atom. The number of amides is 1. The molecular weight excluding hydrogens is 476 g/mol. The Morgan fingerprint density at radius 3 is 2.42 bits per heavy atom. The molecule has 1 fully saturated rings. The zero-order valence-corrected chi connectivity index (χ0v) is 22.5. The van der Waals surface area contributed by atoms with Gasteiger partial charge in [-0.1, -0.05) is 36.4 Å². The molecule has 1 saturated carbocycles. The predicted octanol–water partition coefficient (Wildman–Crippen LogP) is 6.36. The van der Waals surface area contributed by atoms with Crippen molar-refractivity contribution in [1.82, 2.24) is 9.88 Å². The van der Waals surface area contributed by atoms with Crippen LogP contribution < -0.4 is 14.2 Å². The molecule has 1 aromatic heterocycles. The number of ether oxygens (including phenoxy) is 3. The maximum Gasteiger partial charge on any atom is 0.223 e. The van der Waals surface area contributed by atoms with Crippen LogP contribution >= 0.6 is 0 Å². The Morgan fingerprint density at radius 2 is 1.68 bits per heavy atom. The molecule has 196 valence electrons. The zero-order valence-electron chi connectivity index (χ0n) is 22.5. The lowest BCUT2D eigenvalue weighted by molar-refractivity contribution is -0.132. The molecule has 0 unspecified atom stereocenters. The van der Waals surface area contributed by atoms with Crippen molar-refractivity contribution < 1.29 is 19.0 Å². The third-order valence-corrected chi connectivity index (χ3v) is 7.24. The number of carbonyl (C=O) groups is 1. The van der Waals surface area contributed by atoms with Crippen LogP contribution in [0.2, 0.25) is 0 Å². The number of aryl methyl sites for hydroxylation is 2. The van der Waals surface area contributed by atoms with E-state index < -0.39 is 0 Å². The first-order valence-corrected chi connectivity index (χ1v) is 13.1. The van der Waals surface area contributed by atoms with Crippen molar-refractivity contribution >= 4 is 16.8 Å². The maximum absolute atomic E-state index is 13.6. The van der Waals surface area contributed by atoms with E-state index in [1.165, 1.54) is 0 Å². The molecule has 0 bridgehead atoms. The van der Waals surface area contributed by atoms with Crippen LogP contribution in [-0.2, 0) is 17.8 Å². The number of rotatable bonds is 10. The van der Waals surface area contributed by atoms with Gasteiger partial charge in [-0.15, -0.1) is 0 Å². The van der Waals surface area contributed by atoms with Crippen LogP contribution in [-0.4, -0.2) is 43.2 Å². The van der Waals surface area contributed by atoms with Crippen LogP contribution in [0.25, 0.3) is 22.2 Å². The average Bonchev–Trinajstić information content (AvgIpc) is 3.79. The van der Waals surface area contributed by atoms with Crippen LogP contribution in [0.1, 0.15) is 36.0 Å². The van der Waals surface area contributed by atoms with Gasteiger partial charge in [-0.2, -0.15) is 0 Å². The van der Waals surface area contributed by atoms with Gasteiger partial charge in [0.15, 0.2) is 0 Å². The van der Waals surface area contributed by atoms with E-state index in [9.17, 15) is 4.79 Å². The SMILES string of the molecule is COc1ccc(OC)c(-c2nc3c(C)cccc3cc2CN(C(=O)CCc2ccccc2OC)C2CC2)c1. The van der Waals surface area contributed by atoms with Crippen LogP contribution in [0.4, 0.5) is 0 Å². The highest BCUT2D eigenvalue weighted by Crippen LogP contribution is 2.38. The van der Waals surface area contributed by atoms with Gasteiger partial charge in [0, 0.05) is 30.0 Å². The van der Waals surface area contributed by atoms with Crippen LogP contribution in [0.15, 0.2) is 66.7 Å². The van der Waals surface area contributed by atoms with Gasteiger partial charge in [0.2, 0.25) is 5.91 Å². The minimum Gasteiger partial charge on any atom is -0.497 e. The second-order valence-electron chi connectivity index (χ2n) is 9.77. The second-order valence-corrected chi connectivity index (χ2v) is 9.77. The molecule has 6 heteroatoms. The maximum atomic E-state index is 13.6. The summed E-state index contributed by atoms with van der Waals surface area (Å²) in [6.45, 7) is 2.56. The number of nitrogens with zero attached hydrogens (tertiary/aromatic N) is 2. The number of methoxy groups -OCH3 is 3. The highest BCUT2D eigenvalue weighted by molar-refractivity contribution is 5.87. The number of benzene rings is 3. The van der Waals surface area contributed by atoms with Crippen molar-refractivity contribution in [2.24, 2.45) is 0 Å². The summed E-state index contributed by atoms with van der Waals surface area (Å²) in [7, 11) is 4.98. The molecule has 0 saturated heterocycles. The van der Waals surface area contributed by atoms with Crippen LogP contribution in [0.5, 0.6) is 17.2 Å². The fourth-order valence-corrected chi connectivity index (χ4v) is 5.03. The van der Waals surface area contributed by atoms with E-state index in [0.717, 1.165) is 63.2 Å². The summed E-state index contributed by atoms with van der Waals surface area (Å²) < 4.78 is 16.8. The van der Waals surface area contributed by atoms with E-state index in [2.05, 4.69) is 25.1 Å². The van der Waals surface area contributed by atoms with Gasteiger partial charge in [0.1, 0.15) is 17.2 Å². The third-order valence-electron chi connectivity index (χ3n) is 7.24. The normalized spacial score (nSPS) is 12.8. The lowest BCUT2D eigenvalue weighted by Crippen LogP contribution is -2.33. The first kappa shape index (κ1) is 25.6. The molecule has 0 atom stereocenters. The summed E-state index contributed by atoms with van der Waals surface area (Å²) in [6, 6.07) is 22.3. The van der Waals surface area contributed by atoms with E-state index in [1.54, 1.807) is 21.3 Å². The number of carbonyl (C=O) groups excluding carboxylic acids is 1. The van der Waals surface area contributed by atoms with E-state index >= 15 is 0 Å². The molecule has 1 amide bonds. The van der Waals surface area contributed by atoms with Gasteiger partial charge in [-0.25, -0.2) is 4.98 Å². The van der Waals surface area contributed by atoms with Crippen LogP contribution in [0.3, 0.4) is 0 Å². The third kappa shape index (κ3) is 5.30. The van der Waals surface area contributed by atoms with Gasteiger partial charge in [0.05, 0.1) is 32.5 Å². The molecule has 3 aromatic carbocycles. The quantitative estimate of drug-likeness (QED) is 0.248. The topological polar surface area (TPSA) is 60.9 Å². The molecule has 1 aliphatic carbocycles. The van der Waals surface area contributed by atoms with Gasteiger partial charge >= 0.3 is 0 Å². The van der Waals surface area contributed by atoms with Crippen molar-refractivity contribution in [2.75, 3.05) is 21.3 Å². The van der Waals surface area contributed by atoms with Crippen molar-refractivity contribution in [1.29, 1.82) is 0 Å². The zero-order chi connectivity index (χ0) is 26.6. The highest BCUT2D eigenvalue weighted by Gasteiger charge is 2.33. The molecule has 0 aliphatic heterocycles. The van der Waals surface area contributed by atoms with Gasteiger partial charge in [0.25, 0.3) is 0 Å². The van der Waals surface area contributed by atoms with E-state index in [-0.39, 0.29) is 11.9 Å².